The maximum atomic E-state index is 12.3. The van der Waals surface area contributed by atoms with Crippen molar-refractivity contribution in [2.45, 2.75) is 25.4 Å². The number of amides is 1. The number of imidazole rings is 1. The molecule has 1 amide bonds. The number of nitrogens with zero attached hydrogens (tertiary/aromatic N) is 1. The summed E-state index contributed by atoms with van der Waals surface area (Å²) in [6.45, 7) is 3.92. The summed E-state index contributed by atoms with van der Waals surface area (Å²) in [4.78, 5) is 30.3. The Hall–Kier alpha value is -1.56. The Bertz CT molecular complexity index is 492. The zero-order valence-corrected chi connectivity index (χ0v) is 9.69. The van der Waals surface area contributed by atoms with Gasteiger partial charge in [0, 0.05) is 31.4 Å². The number of hydrogen-bond donors (Lipinski definition) is 3. The van der Waals surface area contributed by atoms with Gasteiger partial charge in [-0.05, 0) is 19.3 Å². The second-order valence-electron chi connectivity index (χ2n) is 4.94. The van der Waals surface area contributed by atoms with E-state index in [9.17, 15) is 9.59 Å². The highest BCUT2D eigenvalue weighted by atomic mass is 16.2. The lowest BCUT2D eigenvalue weighted by molar-refractivity contribution is 0.0676. The highest BCUT2D eigenvalue weighted by molar-refractivity contribution is 5.92. The number of aromatic amines is 2. The smallest absolute Gasteiger partial charge is 0.323 e. The van der Waals surface area contributed by atoms with E-state index >= 15 is 0 Å². The molecule has 1 aromatic heterocycles. The third kappa shape index (κ3) is 1.59. The van der Waals surface area contributed by atoms with Gasteiger partial charge in [-0.1, -0.05) is 0 Å². The summed E-state index contributed by atoms with van der Waals surface area (Å²) < 4.78 is 0. The first-order valence-electron chi connectivity index (χ1n) is 5.98. The molecule has 3 N–H and O–H groups in total. The van der Waals surface area contributed by atoms with Gasteiger partial charge in [0.15, 0.2) is 0 Å². The number of aromatic nitrogens is 2. The Balaban J connectivity index is 1.88. The van der Waals surface area contributed by atoms with Gasteiger partial charge in [-0.2, -0.15) is 0 Å². The van der Waals surface area contributed by atoms with E-state index in [0.29, 0.717) is 11.6 Å². The molecule has 0 radical (unpaired) electrons. The molecule has 6 heteroatoms. The van der Waals surface area contributed by atoms with E-state index in [1.54, 1.807) is 0 Å². The fourth-order valence-electron chi connectivity index (χ4n) is 3.10. The average molecular weight is 236 g/mol. The van der Waals surface area contributed by atoms with Crippen molar-refractivity contribution in [2.75, 3.05) is 13.1 Å². The maximum absolute atomic E-state index is 12.3. The van der Waals surface area contributed by atoms with Crippen molar-refractivity contribution >= 4 is 5.91 Å². The molecule has 2 fully saturated rings. The topological polar surface area (TPSA) is 81.0 Å². The SMILES string of the molecule is CC1CC2CNCC2N1C(=O)c1c[nH]c(=O)[nH]1. The molecular weight excluding hydrogens is 220 g/mol. The Morgan fingerprint density at radius 1 is 1.47 bits per heavy atom. The summed E-state index contributed by atoms with van der Waals surface area (Å²) in [6, 6.07) is 0.522. The van der Waals surface area contributed by atoms with Gasteiger partial charge in [-0.25, -0.2) is 4.79 Å². The predicted molar refractivity (Wildman–Crippen MR) is 61.8 cm³/mol. The highest BCUT2D eigenvalue weighted by Crippen LogP contribution is 2.32. The summed E-state index contributed by atoms with van der Waals surface area (Å²) >= 11 is 0. The first kappa shape index (κ1) is 10.6. The average Bonchev–Trinajstić information content (AvgIpc) is 2.92. The van der Waals surface area contributed by atoms with Crippen LogP contribution in [0.15, 0.2) is 11.0 Å². The molecule has 2 aliphatic rings. The zero-order valence-electron chi connectivity index (χ0n) is 9.69. The van der Waals surface area contributed by atoms with Crippen LogP contribution in [0.4, 0.5) is 0 Å². The zero-order chi connectivity index (χ0) is 12.0. The van der Waals surface area contributed by atoms with E-state index in [4.69, 9.17) is 0 Å². The summed E-state index contributed by atoms with van der Waals surface area (Å²) in [5.41, 5.74) is 0.0238. The predicted octanol–water partition coefficient (Wildman–Crippen LogP) is -0.475. The van der Waals surface area contributed by atoms with Crippen LogP contribution in [0.1, 0.15) is 23.8 Å². The first-order valence-corrected chi connectivity index (χ1v) is 5.98. The first-order chi connectivity index (χ1) is 8.16. The van der Waals surface area contributed by atoms with Crippen molar-refractivity contribution in [1.29, 1.82) is 0 Å². The van der Waals surface area contributed by atoms with Crippen LogP contribution in [-0.2, 0) is 0 Å². The van der Waals surface area contributed by atoms with Crippen LogP contribution in [0.5, 0.6) is 0 Å². The fraction of sp³-hybridized carbons (Fsp3) is 0.636. The third-order valence-corrected chi connectivity index (χ3v) is 3.84. The second kappa shape index (κ2) is 3.73. The number of likely N-dealkylation sites (tertiary alicyclic amines) is 1. The van der Waals surface area contributed by atoms with Crippen molar-refractivity contribution in [3.8, 4) is 0 Å². The van der Waals surface area contributed by atoms with E-state index < -0.39 is 0 Å². The quantitative estimate of drug-likeness (QED) is 0.616. The molecule has 6 nitrogen and oxygen atoms in total. The molecule has 3 unspecified atom stereocenters. The normalized spacial score (nSPS) is 31.8. The van der Waals surface area contributed by atoms with Crippen LogP contribution in [0, 0.1) is 5.92 Å². The second-order valence-corrected chi connectivity index (χ2v) is 4.94. The van der Waals surface area contributed by atoms with Crippen molar-refractivity contribution in [3.05, 3.63) is 22.4 Å². The van der Waals surface area contributed by atoms with E-state index in [-0.39, 0.29) is 23.7 Å². The number of nitrogens with one attached hydrogen (secondary N) is 3. The molecule has 0 spiro atoms. The lowest BCUT2D eigenvalue weighted by Gasteiger charge is -2.26. The lowest BCUT2D eigenvalue weighted by Crippen LogP contribution is -2.43. The Morgan fingerprint density at radius 2 is 2.29 bits per heavy atom. The summed E-state index contributed by atoms with van der Waals surface area (Å²) in [6.07, 6.45) is 2.49. The van der Waals surface area contributed by atoms with Gasteiger partial charge in [0.1, 0.15) is 5.69 Å². The Morgan fingerprint density at radius 3 is 3.00 bits per heavy atom. The molecule has 0 saturated carbocycles. The molecule has 0 aromatic carbocycles. The van der Waals surface area contributed by atoms with E-state index in [2.05, 4.69) is 22.2 Å². The minimum absolute atomic E-state index is 0.0768. The summed E-state index contributed by atoms with van der Waals surface area (Å²) in [5, 5.41) is 3.31. The molecule has 0 aliphatic carbocycles. The van der Waals surface area contributed by atoms with Crippen LogP contribution in [-0.4, -0.2) is 45.9 Å². The van der Waals surface area contributed by atoms with Gasteiger partial charge >= 0.3 is 5.69 Å². The monoisotopic (exact) mass is 236 g/mol. The highest BCUT2D eigenvalue weighted by Gasteiger charge is 2.44. The molecule has 0 bridgehead atoms. The number of rotatable bonds is 1. The number of carbonyl (C=O) groups excluding carboxylic acids is 1. The van der Waals surface area contributed by atoms with Gasteiger partial charge in [-0.15, -0.1) is 0 Å². The van der Waals surface area contributed by atoms with Crippen molar-refractivity contribution in [1.82, 2.24) is 20.2 Å². The largest absolute Gasteiger partial charge is 0.330 e. The lowest BCUT2D eigenvalue weighted by atomic mass is 10.0. The Kier molecular flexibility index (Phi) is 2.32. The maximum Gasteiger partial charge on any atom is 0.323 e. The van der Waals surface area contributed by atoms with Crippen LogP contribution in [0.3, 0.4) is 0 Å². The number of carbonyl (C=O) groups is 1. The van der Waals surface area contributed by atoms with Gasteiger partial charge in [0.05, 0.1) is 0 Å². The minimum Gasteiger partial charge on any atom is -0.330 e. The molecule has 2 aliphatic heterocycles. The molecule has 92 valence electrons. The molecule has 2 saturated heterocycles. The molecule has 17 heavy (non-hydrogen) atoms. The van der Waals surface area contributed by atoms with Crippen molar-refractivity contribution in [3.63, 3.8) is 0 Å². The van der Waals surface area contributed by atoms with Crippen molar-refractivity contribution < 1.29 is 4.79 Å². The summed E-state index contributed by atoms with van der Waals surface area (Å²) in [5.74, 6) is 0.478. The van der Waals surface area contributed by atoms with Gasteiger partial charge < -0.3 is 20.2 Å². The van der Waals surface area contributed by atoms with Crippen LogP contribution < -0.4 is 11.0 Å². The van der Waals surface area contributed by atoms with Gasteiger partial charge in [0.25, 0.3) is 5.91 Å². The molecule has 3 heterocycles. The number of H-pyrrole nitrogens is 2. The van der Waals surface area contributed by atoms with Gasteiger partial charge in [0.2, 0.25) is 0 Å². The summed E-state index contributed by atoms with van der Waals surface area (Å²) in [7, 11) is 0. The van der Waals surface area contributed by atoms with Gasteiger partial charge in [-0.3, -0.25) is 4.79 Å². The number of hydrogen-bond acceptors (Lipinski definition) is 3. The third-order valence-electron chi connectivity index (χ3n) is 3.84. The van der Waals surface area contributed by atoms with E-state index in [1.165, 1.54) is 6.20 Å². The van der Waals surface area contributed by atoms with Crippen LogP contribution >= 0.6 is 0 Å². The number of fused-ring (bicyclic) bond motifs is 1. The molecule has 3 atom stereocenters. The fourth-order valence-corrected chi connectivity index (χ4v) is 3.10. The van der Waals surface area contributed by atoms with Crippen LogP contribution in [0.25, 0.3) is 0 Å². The molecule has 3 rings (SSSR count). The standard InChI is InChI=1S/C11H16N4O2/c1-6-2-7-3-12-5-9(7)15(6)10(16)8-4-13-11(17)14-8/h4,6-7,9,12H,2-3,5H2,1H3,(H2,13,14,17). The molecular formula is C11H16N4O2. The van der Waals surface area contributed by atoms with Crippen LogP contribution in [0.2, 0.25) is 0 Å². The van der Waals surface area contributed by atoms with Crippen molar-refractivity contribution in [2.24, 2.45) is 5.92 Å². The van der Waals surface area contributed by atoms with E-state index in [1.807, 2.05) is 4.90 Å². The molecule has 1 aromatic rings. The minimum atomic E-state index is -0.332. The van der Waals surface area contributed by atoms with E-state index in [0.717, 1.165) is 19.5 Å². The Labute approximate surface area is 98.4 Å².